The molecule has 0 saturated carbocycles. The molecule has 0 spiro atoms. The van der Waals surface area contributed by atoms with Crippen molar-refractivity contribution in [2.75, 3.05) is 5.73 Å². The highest BCUT2D eigenvalue weighted by molar-refractivity contribution is 5.99. The van der Waals surface area contributed by atoms with Gasteiger partial charge in [0.2, 0.25) is 11.8 Å². The number of aryl methyl sites for hydroxylation is 1. The molecule has 4 N–H and O–H groups in total. The summed E-state index contributed by atoms with van der Waals surface area (Å²) < 4.78 is 0. The van der Waals surface area contributed by atoms with Crippen molar-refractivity contribution in [3.05, 3.63) is 34.5 Å². The molecule has 2 amide bonds. The molecule has 0 fully saturated rings. The maximum absolute atomic E-state index is 12.1. The van der Waals surface area contributed by atoms with Crippen LogP contribution in [0.3, 0.4) is 0 Å². The van der Waals surface area contributed by atoms with E-state index in [2.05, 4.69) is 0 Å². The van der Waals surface area contributed by atoms with Gasteiger partial charge in [0.25, 0.3) is 0 Å². The van der Waals surface area contributed by atoms with Gasteiger partial charge in [-0.25, -0.2) is 0 Å². The van der Waals surface area contributed by atoms with E-state index in [1.54, 1.807) is 13.0 Å². The van der Waals surface area contributed by atoms with Crippen LogP contribution in [0, 0.1) is 12.1 Å². The van der Waals surface area contributed by atoms with Crippen molar-refractivity contribution in [2.24, 2.45) is 5.73 Å². The fourth-order valence-corrected chi connectivity index (χ4v) is 1.79. The zero-order valence-corrected chi connectivity index (χ0v) is 11.0. The number of amides is 2. The van der Waals surface area contributed by atoms with Crippen LogP contribution in [-0.2, 0) is 9.59 Å². The Hall–Kier alpha value is -2.41. The Labute approximate surface area is 116 Å². The number of carbonyl (C=O) groups is 3. The number of hydrogen-bond donors (Lipinski definition) is 2. The van der Waals surface area contributed by atoms with E-state index in [4.69, 9.17) is 11.5 Å². The normalized spacial score (nSPS) is 11.7. The van der Waals surface area contributed by atoms with Gasteiger partial charge in [-0.3, -0.25) is 9.59 Å². The molecule has 108 valence electrons. The summed E-state index contributed by atoms with van der Waals surface area (Å²) in [6.45, 7) is 1.63. The standard InChI is InChI=1S/C13H16N3O4/c1-8-7-9(14)4-5-10(8)13(19)16(20)11(12(15)18)3-2-6-17/h4-7,11H,2-3,14H2,1H3,(H2,15,18)/q-1. The second-order valence-corrected chi connectivity index (χ2v) is 4.37. The number of rotatable bonds is 6. The van der Waals surface area contributed by atoms with Crippen molar-refractivity contribution in [3.63, 3.8) is 0 Å². The first-order valence-corrected chi connectivity index (χ1v) is 5.98. The van der Waals surface area contributed by atoms with E-state index < -0.39 is 17.9 Å². The Kier molecular flexibility index (Phi) is 5.22. The van der Waals surface area contributed by atoms with Gasteiger partial charge in [0, 0.05) is 17.7 Å². The van der Waals surface area contributed by atoms with Crippen LogP contribution in [0.5, 0.6) is 0 Å². The van der Waals surface area contributed by atoms with Gasteiger partial charge in [0.1, 0.15) is 12.3 Å². The van der Waals surface area contributed by atoms with Crippen LogP contribution in [0.4, 0.5) is 5.69 Å². The average molecular weight is 278 g/mol. The zero-order chi connectivity index (χ0) is 15.3. The highest BCUT2D eigenvalue weighted by Gasteiger charge is 2.22. The molecule has 0 saturated heterocycles. The molecular formula is C13H16N3O4-. The molecule has 1 aromatic rings. The lowest BCUT2D eigenvalue weighted by molar-refractivity contribution is -0.122. The monoisotopic (exact) mass is 278 g/mol. The lowest BCUT2D eigenvalue weighted by Crippen LogP contribution is -2.44. The van der Waals surface area contributed by atoms with Gasteiger partial charge >= 0.3 is 0 Å². The third-order valence-electron chi connectivity index (χ3n) is 2.85. The number of hydroxylamine groups is 2. The van der Waals surface area contributed by atoms with E-state index in [1.165, 1.54) is 12.1 Å². The highest BCUT2D eigenvalue weighted by Crippen LogP contribution is 2.17. The Bertz CT molecular complexity index is 530. The number of nitrogen functional groups attached to an aromatic ring is 1. The van der Waals surface area contributed by atoms with Crippen LogP contribution in [0.1, 0.15) is 28.8 Å². The molecule has 1 aromatic carbocycles. The predicted octanol–water partition coefficient (Wildman–Crippen LogP) is 0.350. The topological polar surface area (TPSA) is 130 Å². The van der Waals surface area contributed by atoms with Gasteiger partial charge in [0.15, 0.2) is 0 Å². The van der Waals surface area contributed by atoms with Gasteiger partial charge in [0.05, 0.1) is 0 Å². The number of hydrogen-bond acceptors (Lipinski definition) is 5. The minimum absolute atomic E-state index is 0.0182. The molecule has 0 heterocycles. The lowest BCUT2D eigenvalue weighted by Gasteiger charge is -2.35. The first kappa shape index (κ1) is 15.6. The van der Waals surface area contributed by atoms with E-state index in [9.17, 15) is 19.6 Å². The van der Waals surface area contributed by atoms with E-state index in [-0.39, 0.29) is 23.5 Å². The average Bonchev–Trinajstić information content (AvgIpc) is 2.37. The summed E-state index contributed by atoms with van der Waals surface area (Å²) in [5.74, 6) is -1.82. The van der Waals surface area contributed by atoms with Crippen molar-refractivity contribution >= 4 is 23.8 Å². The SMILES string of the molecule is Cc1cc(N)ccc1C(=O)N([O-])C(CCC=O)C(N)=O. The number of primary amides is 1. The van der Waals surface area contributed by atoms with Crippen molar-refractivity contribution in [1.82, 2.24) is 5.06 Å². The number of aldehydes is 1. The summed E-state index contributed by atoms with van der Waals surface area (Å²) in [6, 6.07) is 3.09. The summed E-state index contributed by atoms with van der Waals surface area (Å²) in [6.07, 6.45) is 0.436. The first-order chi connectivity index (χ1) is 9.38. The number of anilines is 1. The molecule has 1 rings (SSSR count). The van der Waals surface area contributed by atoms with Gasteiger partial charge in [-0.2, -0.15) is 0 Å². The second-order valence-electron chi connectivity index (χ2n) is 4.37. The van der Waals surface area contributed by atoms with Gasteiger partial charge < -0.3 is 26.5 Å². The molecule has 7 nitrogen and oxygen atoms in total. The molecule has 0 bridgehead atoms. The second kappa shape index (κ2) is 6.67. The van der Waals surface area contributed by atoms with Crippen LogP contribution < -0.4 is 11.5 Å². The van der Waals surface area contributed by atoms with Crippen LogP contribution in [0.25, 0.3) is 0 Å². The Morgan fingerprint density at radius 3 is 2.60 bits per heavy atom. The number of benzene rings is 1. The van der Waals surface area contributed by atoms with Crippen LogP contribution >= 0.6 is 0 Å². The largest absolute Gasteiger partial charge is 0.755 e. The van der Waals surface area contributed by atoms with Gasteiger partial charge in [-0.05, 0) is 37.1 Å². The fourth-order valence-electron chi connectivity index (χ4n) is 1.79. The molecule has 0 aliphatic rings. The molecule has 0 aromatic heterocycles. The third-order valence-corrected chi connectivity index (χ3v) is 2.85. The van der Waals surface area contributed by atoms with Crippen LogP contribution in [-0.4, -0.2) is 29.2 Å². The summed E-state index contributed by atoms with van der Waals surface area (Å²) in [4.78, 5) is 33.6. The Morgan fingerprint density at radius 2 is 2.10 bits per heavy atom. The smallest absolute Gasteiger partial charge is 0.244 e. The summed E-state index contributed by atoms with van der Waals surface area (Å²) in [5, 5.41) is 12.0. The Morgan fingerprint density at radius 1 is 1.45 bits per heavy atom. The number of carbonyl (C=O) groups excluding carboxylic acids is 3. The predicted molar refractivity (Wildman–Crippen MR) is 73.4 cm³/mol. The van der Waals surface area contributed by atoms with Gasteiger partial charge in [-0.1, -0.05) is 0 Å². The highest BCUT2D eigenvalue weighted by atomic mass is 16.5. The fraction of sp³-hybridized carbons (Fsp3) is 0.308. The summed E-state index contributed by atoms with van der Waals surface area (Å²) >= 11 is 0. The first-order valence-electron chi connectivity index (χ1n) is 5.98. The molecule has 0 radical (unpaired) electrons. The molecule has 7 heteroatoms. The Balaban J connectivity index is 2.98. The minimum atomic E-state index is -1.36. The summed E-state index contributed by atoms with van der Waals surface area (Å²) in [7, 11) is 0. The molecule has 20 heavy (non-hydrogen) atoms. The van der Waals surface area contributed by atoms with E-state index >= 15 is 0 Å². The van der Waals surface area contributed by atoms with E-state index in [0.717, 1.165) is 0 Å². The lowest BCUT2D eigenvalue weighted by atomic mass is 10.1. The van der Waals surface area contributed by atoms with Crippen LogP contribution in [0.15, 0.2) is 18.2 Å². The molecule has 0 aliphatic carbocycles. The third kappa shape index (κ3) is 3.55. The maximum Gasteiger partial charge on any atom is 0.244 e. The van der Waals surface area contributed by atoms with Crippen molar-refractivity contribution in [2.45, 2.75) is 25.8 Å². The van der Waals surface area contributed by atoms with Crippen molar-refractivity contribution in [1.29, 1.82) is 0 Å². The number of nitrogens with zero attached hydrogens (tertiary/aromatic N) is 1. The molecular weight excluding hydrogens is 262 g/mol. The zero-order valence-electron chi connectivity index (χ0n) is 11.0. The van der Waals surface area contributed by atoms with Crippen molar-refractivity contribution in [3.8, 4) is 0 Å². The van der Waals surface area contributed by atoms with Crippen LogP contribution in [0.2, 0.25) is 0 Å². The summed E-state index contributed by atoms with van der Waals surface area (Å²) in [5.41, 5.74) is 11.8. The maximum atomic E-state index is 12.1. The minimum Gasteiger partial charge on any atom is -0.755 e. The molecule has 0 aliphatic heterocycles. The van der Waals surface area contributed by atoms with Gasteiger partial charge in [-0.15, -0.1) is 0 Å². The quantitative estimate of drug-likeness (QED) is 0.440. The molecule has 1 atom stereocenters. The van der Waals surface area contributed by atoms with Crippen molar-refractivity contribution < 1.29 is 14.4 Å². The number of nitrogens with two attached hydrogens (primary N) is 2. The molecule has 1 unspecified atom stereocenters. The van der Waals surface area contributed by atoms with E-state index in [0.29, 0.717) is 17.5 Å². The van der Waals surface area contributed by atoms with E-state index in [1.807, 2.05) is 0 Å².